The lowest BCUT2D eigenvalue weighted by Crippen LogP contribution is -2.12. The zero-order chi connectivity index (χ0) is 19.2. The molecule has 1 aromatic carbocycles. The molecule has 2 rings (SSSR count). The normalized spacial score (nSPS) is 19.2. The Morgan fingerprint density at radius 1 is 0.852 bits per heavy atom. The molecular weight excluding hydrogens is 324 g/mol. The Morgan fingerprint density at radius 3 is 2.26 bits per heavy atom. The van der Waals surface area contributed by atoms with Crippen molar-refractivity contribution in [1.29, 1.82) is 0 Å². The van der Waals surface area contributed by atoms with Gasteiger partial charge in [-0.05, 0) is 74.3 Å². The van der Waals surface area contributed by atoms with Crippen LogP contribution in [0.25, 0.3) is 0 Å². The summed E-state index contributed by atoms with van der Waals surface area (Å²) in [5.74, 6) is 14.4. The van der Waals surface area contributed by atoms with Crippen molar-refractivity contribution in [2.24, 2.45) is 11.8 Å². The molecule has 1 aliphatic rings. The monoisotopic (exact) mass is 360 g/mol. The molecule has 0 spiro atoms. The summed E-state index contributed by atoms with van der Waals surface area (Å²) >= 11 is 0. The van der Waals surface area contributed by atoms with E-state index in [1.54, 1.807) is 0 Å². The third kappa shape index (κ3) is 9.02. The summed E-state index contributed by atoms with van der Waals surface area (Å²) in [6.07, 6.45) is 18.3. The topological polar surface area (TPSA) is 0 Å². The van der Waals surface area contributed by atoms with Crippen molar-refractivity contribution in [1.82, 2.24) is 0 Å². The molecule has 144 valence electrons. The molecule has 0 amide bonds. The van der Waals surface area contributed by atoms with Crippen molar-refractivity contribution >= 4 is 0 Å². The average molecular weight is 361 g/mol. The summed E-state index contributed by atoms with van der Waals surface area (Å²) < 4.78 is 0. The first-order chi connectivity index (χ1) is 13.3. The van der Waals surface area contributed by atoms with E-state index >= 15 is 0 Å². The zero-order valence-corrected chi connectivity index (χ0v) is 17.4. The Hall–Kier alpha value is -1.92. The molecular formula is C27H36. The standard InChI is InChI=1S/C27H36/c1-3-5-6-7-10-13-26-20-22-27(23-21-26)15-12-9-8-11-14-25-18-16-24(4-2)17-19-25/h8-9,20-25H,3-7,10,13,16-19H2,1-2H3/b9-8+. The smallest absolute Gasteiger partial charge is 0.0249 e. The van der Waals surface area contributed by atoms with E-state index in [0.717, 1.165) is 11.5 Å². The lowest BCUT2D eigenvalue weighted by atomic mass is 9.81. The third-order valence-electron chi connectivity index (χ3n) is 5.70. The minimum atomic E-state index is 0.597. The van der Waals surface area contributed by atoms with E-state index in [0.29, 0.717) is 5.92 Å². The number of rotatable bonds is 7. The van der Waals surface area contributed by atoms with Gasteiger partial charge in [0.2, 0.25) is 0 Å². The van der Waals surface area contributed by atoms with Crippen LogP contribution in [-0.4, -0.2) is 0 Å². The van der Waals surface area contributed by atoms with E-state index in [1.807, 2.05) is 12.2 Å². The predicted octanol–water partition coefficient (Wildman–Crippen LogP) is 7.33. The van der Waals surface area contributed by atoms with E-state index < -0.39 is 0 Å². The van der Waals surface area contributed by atoms with E-state index in [-0.39, 0.29) is 0 Å². The molecule has 0 heteroatoms. The Morgan fingerprint density at radius 2 is 1.56 bits per heavy atom. The van der Waals surface area contributed by atoms with Crippen LogP contribution in [0.3, 0.4) is 0 Å². The van der Waals surface area contributed by atoms with Crippen LogP contribution in [0.1, 0.15) is 89.2 Å². The number of benzene rings is 1. The summed E-state index contributed by atoms with van der Waals surface area (Å²) in [5.41, 5.74) is 2.51. The summed E-state index contributed by atoms with van der Waals surface area (Å²) in [6.45, 7) is 4.57. The fraction of sp³-hybridized carbons (Fsp3) is 0.556. The highest BCUT2D eigenvalue weighted by atomic mass is 14.2. The SMILES string of the molecule is CCCCCCCc1ccc(C#C/C=C/C#CC2CCC(CC)CC2)cc1. The van der Waals surface area contributed by atoms with Gasteiger partial charge in [0.05, 0.1) is 0 Å². The van der Waals surface area contributed by atoms with E-state index in [1.165, 1.54) is 76.2 Å². The minimum Gasteiger partial charge on any atom is -0.0951 e. The minimum absolute atomic E-state index is 0.597. The van der Waals surface area contributed by atoms with Gasteiger partial charge in [-0.3, -0.25) is 0 Å². The maximum atomic E-state index is 3.40. The van der Waals surface area contributed by atoms with Crippen LogP contribution in [0.15, 0.2) is 36.4 Å². The maximum absolute atomic E-state index is 3.40. The summed E-state index contributed by atoms with van der Waals surface area (Å²) in [4.78, 5) is 0. The van der Waals surface area contributed by atoms with Gasteiger partial charge in [-0.15, -0.1) is 0 Å². The first kappa shape index (κ1) is 21.4. The van der Waals surface area contributed by atoms with Crippen LogP contribution < -0.4 is 0 Å². The fourth-order valence-electron chi connectivity index (χ4n) is 3.78. The van der Waals surface area contributed by atoms with E-state index in [4.69, 9.17) is 0 Å². The summed E-state index contributed by atoms with van der Waals surface area (Å²) in [7, 11) is 0. The molecule has 0 bridgehead atoms. The van der Waals surface area contributed by atoms with E-state index in [2.05, 4.69) is 61.8 Å². The molecule has 0 aromatic heterocycles. The Bertz CT molecular complexity index is 661. The highest BCUT2D eigenvalue weighted by Crippen LogP contribution is 2.29. The molecule has 1 saturated carbocycles. The molecule has 0 unspecified atom stereocenters. The molecule has 1 aliphatic carbocycles. The zero-order valence-electron chi connectivity index (χ0n) is 17.4. The molecule has 0 nitrogen and oxygen atoms in total. The molecule has 1 fully saturated rings. The van der Waals surface area contributed by atoms with Crippen LogP contribution in [0.4, 0.5) is 0 Å². The molecule has 27 heavy (non-hydrogen) atoms. The molecule has 0 atom stereocenters. The average Bonchev–Trinajstić information content (AvgIpc) is 2.72. The Labute approximate surface area is 167 Å². The van der Waals surface area contributed by atoms with Crippen LogP contribution in [0.2, 0.25) is 0 Å². The van der Waals surface area contributed by atoms with Crippen LogP contribution >= 0.6 is 0 Å². The number of hydrogen-bond acceptors (Lipinski definition) is 0. The highest BCUT2D eigenvalue weighted by molar-refractivity contribution is 5.39. The first-order valence-corrected chi connectivity index (χ1v) is 11.1. The van der Waals surface area contributed by atoms with Crippen LogP contribution in [0.5, 0.6) is 0 Å². The van der Waals surface area contributed by atoms with Gasteiger partial charge in [0.15, 0.2) is 0 Å². The Kier molecular flexibility index (Phi) is 10.5. The van der Waals surface area contributed by atoms with Crippen molar-refractivity contribution < 1.29 is 0 Å². The Balaban J connectivity index is 1.69. The van der Waals surface area contributed by atoms with Gasteiger partial charge < -0.3 is 0 Å². The van der Waals surface area contributed by atoms with Gasteiger partial charge >= 0.3 is 0 Å². The van der Waals surface area contributed by atoms with Gasteiger partial charge in [-0.25, -0.2) is 0 Å². The number of allylic oxidation sites excluding steroid dienone is 2. The van der Waals surface area contributed by atoms with Crippen LogP contribution in [-0.2, 0) is 6.42 Å². The van der Waals surface area contributed by atoms with Crippen molar-refractivity contribution in [2.75, 3.05) is 0 Å². The lowest BCUT2D eigenvalue weighted by Gasteiger charge is -2.24. The second kappa shape index (κ2) is 13.3. The van der Waals surface area contributed by atoms with Crippen LogP contribution in [0, 0.1) is 35.5 Å². The molecule has 0 saturated heterocycles. The van der Waals surface area contributed by atoms with Gasteiger partial charge in [0, 0.05) is 11.5 Å². The molecule has 0 N–H and O–H groups in total. The van der Waals surface area contributed by atoms with Crippen molar-refractivity contribution in [3.63, 3.8) is 0 Å². The number of hydrogen-bond donors (Lipinski definition) is 0. The summed E-state index contributed by atoms with van der Waals surface area (Å²) in [5, 5.41) is 0. The number of aryl methyl sites for hydroxylation is 1. The fourth-order valence-corrected chi connectivity index (χ4v) is 3.78. The van der Waals surface area contributed by atoms with Gasteiger partial charge in [0.25, 0.3) is 0 Å². The molecule has 0 heterocycles. The van der Waals surface area contributed by atoms with Crippen molar-refractivity contribution in [3.8, 4) is 23.7 Å². The van der Waals surface area contributed by atoms with Gasteiger partial charge in [-0.1, -0.05) is 81.8 Å². The van der Waals surface area contributed by atoms with Gasteiger partial charge in [-0.2, -0.15) is 0 Å². The first-order valence-electron chi connectivity index (χ1n) is 11.1. The van der Waals surface area contributed by atoms with Crippen molar-refractivity contribution in [3.05, 3.63) is 47.5 Å². The second-order valence-electron chi connectivity index (χ2n) is 7.88. The third-order valence-corrected chi connectivity index (χ3v) is 5.70. The van der Waals surface area contributed by atoms with E-state index in [9.17, 15) is 0 Å². The maximum Gasteiger partial charge on any atom is 0.0249 e. The highest BCUT2D eigenvalue weighted by Gasteiger charge is 2.17. The molecule has 0 aliphatic heterocycles. The van der Waals surface area contributed by atoms with Gasteiger partial charge in [0.1, 0.15) is 0 Å². The molecule has 0 radical (unpaired) electrons. The van der Waals surface area contributed by atoms with Crippen molar-refractivity contribution in [2.45, 2.75) is 84.5 Å². The largest absolute Gasteiger partial charge is 0.0951 e. The second-order valence-corrected chi connectivity index (χ2v) is 7.88. The summed E-state index contributed by atoms with van der Waals surface area (Å²) in [6, 6.07) is 8.72. The quantitative estimate of drug-likeness (QED) is 0.353. The lowest BCUT2D eigenvalue weighted by molar-refractivity contribution is 0.309. The predicted molar refractivity (Wildman–Crippen MR) is 118 cm³/mol. The molecule has 1 aromatic rings. The number of unbranched alkanes of at least 4 members (excludes halogenated alkanes) is 4.